The fraction of sp³-hybridized carbons (Fsp3) is 0.750. The highest BCUT2D eigenvalue weighted by Crippen LogP contribution is 1.95. The number of Topliss-reactive ketones (excluding diaryl/α,β-unsaturated/α-hetero) is 1. The molecule has 1 amide bonds. The van der Waals surface area contributed by atoms with E-state index >= 15 is 0 Å². The molecular weight excluding hydrogens is 178 g/mol. The number of carbonyl (C=O) groups excluding carboxylic acids is 2. The van der Waals surface area contributed by atoms with Gasteiger partial charge in [0, 0.05) is 32.2 Å². The Morgan fingerprint density at radius 2 is 2.00 bits per heavy atom. The molecule has 0 spiro atoms. The van der Waals surface area contributed by atoms with Gasteiger partial charge in [-0.3, -0.25) is 9.59 Å². The summed E-state index contributed by atoms with van der Waals surface area (Å²) in [6, 6.07) is 0. The van der Waals surface area contributed by atoms with Crippen LogP contribution in [0.25, 0.3) is 0 Å². The number of nitrogens with one attached hydrogen (secondary N) is 1. The van der Waals surface area contributed by atoms with Gasteiger partial charge in [-0.15, -0.1) is 11.6 Å². The first-order chi connectivity index (χ1) is 5.66. The molecule has 1 N–H and O–H groups in total. The summed E-state index contributed by atoms with van der Waals surface area (Å²) >= 11 is 5.41. The number of amides is 1. The van der Waals surface area contributed by atoms with Crippen molar-refractivity contribution in [3.63, 3.8) is 0 Å². The lowest BCUT2D eigenvalue weighted by atomic mass is 10.2. The van der Waals surface area contributed by atoms with E-state index in [9.17, 15) is 9.59 Å². The smallest absolute Gasteiger partial charge is 0.216 e. The summed E-state index contributed by atoms with van der Waals surface area (Å²) in [7, 11) is 0. The molecule has 0 rings (SSSR count). The molecule has 3 nitrogen and oxygen atoms in total. The Hall–Kier alpha value is -0.570. The average Bonchev–Trinajstić information content (AvgIpc) is 2.00. The predicted molar refractivity (Wildman–Crippen MR) is 48.3 cm³/mol. The summed E-state index contributed by atoms with van der Waals surface area (Å²) < 4.78 is 0. The molecule has 0 atom stereocenters. The van der Waals surface area contributed by atoms with Crippen LogP contribution in [-0.4, -0.2) is 24.1 Å². The van der Waals surface area contributed by atoms with Gasteiger partial charge in [0.15, 0.2) is 0 Å². The van der Waals surface area contributed by atoms with Crippen LogP contribution in [0.5, 0.6) is 0 Å². The standard InChI is InChI=1S/C8H14ClNO2/c1-7(11)10-6-4-8(12)3-2-5-9/h2-6H2,1H3,(H,10,11). The van der Waals surface area contributed by atoms with Gasteiger partial charge in [-0.25, -0.2) is 0 Å². The zero-order valence-corrected chi connectivity index (χ0v) is 7.99. The Labute approximate surface area is 77.5 Å². The molecule has 0 heterocycles. The second kappa shape index (κ2) is 7.10. The lowest BCUT2D eigenvalue weighted by molar-refractivity contribution is -0.120. The third-order valence-electron chi connectivity index (χ3n) is 1.37. The second-order valence-corrected chi connectivity index (χ2v) is 2.94. The molecule has 0 unspecified atom stereocenters. The van der Waals surface area contributed by atoms with Crippen molar-refractivity contribution >= 4 is 23.3 Å². The van der Waals surface area contributed by atoms with Crippen LogP contribution in [0, 0.1) is 0 Å². The number of rotatable bonds is 6. The van der Waals surface area contributed by atoms with Gasteiger partial charge in [0.2, 0.25) is 5.91 Å². The number of alkyl halides is 1. The molecule has 70 valence electrons. The molecule has 0 saturated carbocycles. The number of hydrogen-bond donors (Lipinski definition) is 1. The summed E-state index contributed by atoms with van der Waals surface area (Å²) in [6.07, 6.45) is 1.65. The Kier molecular flexibility index (Phi) is 6.76. The monoisotopic (exact) mass is 191 g/mol. The highest BCUT2D eigenvalue weighted by atomic mass is 35.5. The number of carbonyl (C=O) groups is 2. The number of halogens is 1. The van der Waals surface area contributed by atoms with Crippen molar-refractivity contribution in [1.82, 2.24) is 5.32 Å². The van der Waals surface area contributed by atoms with Crippen LogP contribution in [0.3, 0.4) is 0 Å². The van der Waals surface area contributed by atoms with Gasteiger partial charge in [0.1, 0.15) is 5.78 Å². The quantitative estimate of drug-likeness (QED) is 0.640. The second-order valence-electron chi connectivity index (χ2n) is 2.56. The molecule has 0 aliphatic rings. The van der Waals surface area contributed by atoms with Gasteiger partial charge in [-0.1, -0.05) is 0 Å². The van der Waals surface area contributed by atoms with Gasteiger partial charge in [-0.05, 0) is 6.42 Å². The Morgan fingerprint density at radius 3 is 2.50 bits per heavy atom. The minimum absolute atomic E-state index is 0.0971. The maximum atomic E-state index is 11.0. The number of hydrogen-bond acceptors (Lipinski definition) is 2. The molecule has 4 heteroatoms. The summed E-state index contributed by atoms with van der Waals surface area (Å²) in [5.74, 6) is 0.579. The maximum absolute atomic E-state index is 11.0. The molecule has 12 heavy (non-hydrogen) atoms. The lowest BCUT2D eigenvalue weighted by Crippen LogP contribution is -2.22. The minimum atomic E-state index is -0.0971. The van der Waals surface area contributed by atoms with Crippen molar-refractivity contribution in [2.45, 2.75) is 26.2 Å². The van der Waals surface area contributed by atoms with Gasteiger partial charge < -0.3 is 5.32 Å². The van der Waals surface area contributed by atoms with Gasteiger partial charge in [0.05, 0.1) is 0 Å². The molecule has 0 aliphatic carbocycles. The van der Waals surface area contributed by atoms with Crippen LogP contribution in [0.1, 0.15) is 26.2 Å². The van der Waals surface area contributed by atoms with Crippen LogP contribution in [0.2, 0.25) is 0 Å². The molecule has 0 bridgehead atoms. The molecule has 0 radical (unpaired) electrons. The van der Waals surface area contributed by atoms with Gasteiger partial charge >= 0.3 is 0 Å². The van der Waals surface area contributed by atoms with Gasteiger partial charge in [-0.2, -0.15) is 0 Å². The molecule has 0 aromatic heterocycles. The molecule has 0 saturated heterocycles. The first-order valence-corrected chi connectivity index (χ1v) is 4.52. The third kappa shape index (κ3) is 7.54. The van der Waals surface area contributed by atoms with E-state index in [1.54, 1.807) is 0 Å². The van der Waals surface area contributed by atoms with Crippen molar-refractivity contribution in [2.75, 3.05) is 12.4 Å². The molecular formula is C8H14ClNO2. The fourth-order valence-electron chi connectivity index (χ4n) is 0.767. The summed E-state index contributed by atoms with van der Waals surface area (Å²) in [5.41, 5.74) is 0. The van der Waals surface area contributed by atoms with Crippen LogP contribution in [-0.2, 0) is 9.59 Å². The lowest BCUT2D eigenvalue weighted by Gasteiger charge is -2.00. The van der Waals surface area contributed by atoms with Gasteiger partial charge in [0.25, 0.3) is 0 Å². The first kappa shape index (κ1) is 11.4. The predicted octanol–water partition coefficient (Wildman–Crippen LogP) is 1.10. The summed E-state index contributed by atoms with van der Waals surface area (Å²) in [5, 5.41) is 2.56. The largest absolute Gasteiger partial charge is 0.356 e. The van der Waals surface area contributed by atoms with E-state index in [1.165, 1.54) is 6.92 Å². The highest BCUT2D eigenvalue weighted by molar-refractivity contribution is 6.17. The van der Waals surface area contributed by atoms with Crippen molar-refractivity contribution in [3.8, 4) is 0 Å². The molecule has 0 fully saturated rings. The highest BCUT2D eigenvalue weighted by Gasteiger charge is 2.00. The zero-order chi connectivity index (χ0) is 9.40. The third-order valence-corrected chi connectivity index (χ3v) is 1.63. The molecule has 0 aromatic rings. The van der Waals surface area contributed by atoms with E-state index in [4.69, 9.17) is 11.6 Å². The summed E-state index contributed by atoms with van der Waals surface area (Å²) in [6.45, 7) is 1.87. The Morgan fingerprint density at radius 1 is 1.33 bits per heavy atom. The molecule has 0 aromatic carbocycles. The van der Waals surface area contributed by atoms with E-state index in [0.29, 0.717) is 25.3 Å². The van der Waals surface area contributed by atoms with Crippen molar-refractivity contribution in [2.24, 2.45) is 0 Å². The molecule has 0 aliphatic heterocycles. The van der Waals surface area contributed by atoms with E-state index < -0.39 is 0 Å². The van der Waals surface area contributed by atoms with Crippen molar-refractivity contribution in [1.29, 1.82) is 0 Å². The Balaban J connectivity index is 3.25. The van der Waals surface area contributed by atoms with Crippen molar-refractivity contribution < 1.29 is 9.59 Å². The van der Waals surface area contributed by atoms with Crippen LogP contribution < -0.4 is 5.32 Å². The Bertz CT molecular complexity index is 159. The van der Waals surface area contributed by atoms with E-state index in [-0.39, 0.29) is 11.7 Å². The first-order valence-electron chi connectivity index (χ1n) is 3.99. The van der Waals surface area contributed by atoms with Crippen LogP contribution in [0.15, 0.2) is 0 Å². The van der Waals surface area contributed by atoms with E-state index in [1.807, 2.05) is 0 Å². The SMILES string of the molecule is CC(=O)NCCC(=O)CCCCl. The van der Waals surface area contributed by atoms with E-state index in [0.717, 1.165) is 6.42 Å². The normalized spacial score (nSPS) is 9.50. The average molecular weight is 192 g/mol. The summed E-state index contributed by atoms with van der Waals surface area (Å²) in [4.78, 5) is 21.4. The minimum Gasteiger partial charge on any atom is -0.356 e. The fourth-order valence-corrected chi connectivity index (χ4v) is 0.901. The zero-order valence-electron chi connectivity index (χ0n) is 7.23. The van der Waals surface area contributed by atoms with E-state index in [2.05, 4.69) is 5.32 Å². The maximum Gasteiger partial charge on any atom is 0.216 e. The van der Waals surface area contributed by atoms with Crippen LogP contribution >= 0.6 is 11.6 Å². The van der Waals surface area contributed by atoms with Crippen LogP contribution in [0.4, 0.5) is 0 Å². The number of ketones is 1. The van der Waals surface area contributed by atoms with Crippen molar-refractivity contribution in [3.05, 3.63) is 0 Å². The topological polar surface area (TPSA) is 46.2 Å².